The SMILES string of the molecule is Cc1ccc(NC(=O)COC(=O)CN2C(=O)CN(C)C2=O)cc1. The number of nitrogens with zero attached hydrogens (tertiary/aromatic N) is 2. The maximum Gasteiger partial charge on any atom is 0.327 e. The highest BCUT2D eigenvalue weighted by molar-refractivity contribution is 6.04. The lowest BCUT2D eigenvalue weighted by molar-refractivity contribution is -0.149. The molecule has 1 aliphatic heterocycles. The van der Waals surface area contributed by atoms with Crippen molar-refractivity contribution in [2.75, 3.05) is 32.1 Å². The molecule has 0 atom stereocenters. The van der Waals surface area contributed by atoms with Crippen LogP contribution >= 0.6 is 0 Å². The highest BCUT2D eigenvalue weighted by Crippen LogP contribution is 2.09. The summed E-state index contributed by atoms with van der Waals surface area (Å²) in [6.45, 7) is 0.865. The van der Waals surface area contributed by atoms with Crippen LogP contribution in [0.2, 0.25) is 0 Å². The van der Waals surface area contributed by atoms with Gasteiger partial charge >= 0.3 is 12.0 Å². The number of hydrogen-bond acceptors (Lipinski definition) is 5. The van der Waals surface area contributed by atoms with Crippen LogP contribution in [-0.4, -0.2) is 60.4 Å². The Morgan fingerprint density at radius 3 is 2.43 bits per heavy atom. The molecule has 0 bridgehead atoms. The Hall–Kier alpha value is -2.90. The van der Waals surface area contributed by atoms with E-state index in [1.165, 1.54) is 11.9 Å². The first kappa shape index (κ1) is 16.5. The Kier molecular flexibility index (Phi) is 4.95. The molecule has 8 nitrogen and oxygen atoms in total. The van der Waals surface area contributed by atoms with E-state index in [2.05, 4.69) is 5.32 Å². The van der Waals surface area contributed by atoms with Crippen molar-refractivity contribution in [1.82, 2.24) is 9.80 Å². The molecule has 122 valence electrons. The monoisotopic (exact) mass is 319 g/mol. The summed E-state index contributed by atoms with van der Waals surface area (Å²) in [6, 6.07) is 6.57. The minimum Gasteiger partial charge on any atom is -0.454 e. The minimum atomic E-state index is -0.818. The van der Waals surface area contributed by atoms with Crippen LogP contribution in [0, 0.1) is 6.92 Å². The molecule has 0 aromatic heterocycles. The van der Waals surface area contributed by atoms with E-state index >= 15 is 0 Å². The lowest BCUT2D eigenvalue weighted by atomic mass is 10.2. The van der Waals surface area contributed by atoms with Crippen LogP contribution in [0.25, 0.3) is 0 Å². The molecule has 4 amide bonds. The molecular formula is C15H17N3O5. The normalized spacial score (nSPS) is 14.2. The molecule has 1 aromatic carbocycles. The number of carbonyl (C=O) groups excluding carboxylic acids is 4. The van der Waals surface area contributed by atoms with Crippen molar-refractivity contribution in [1.29, 1.82) is 0 Å². The summed E-state index contributed by atoms with van der Waals surface area (Å²) in [5, 5.41) is 2.57. The van der Waals surface area contributed by atoms with Gasteiger partial charge in [0.2, 0.25) is 0 Å². The smallest absolute Gasteiger partial charge is 0.327 e. The molecule has 1 aliphatic rings. The molecule has 1 aromatic rings. The average molecular weight is 319 g/mol. The first-order chi connectivity index (χ1) is 10.9. The van der Waals surface area contributed by atoms with E-state index < -0.39 is 37.0 Å². The predicted molar refractivity (Wildman–Crippen MR) is 80.5 cm³/mol. The molecule has 0 radical (unpaired) electrons. The van der Waals surface area contributed by atoms with Gasteiger partial charge in [0.25, 0.3) is 11.8 Å². The van der Waals surface area contributed by atoms with Crippen molar-refractivity contribution in [3.63, 3.8) is 0 Å². The number of hydrogen-bond donors (Lipinski definition) is 1. The molecule has 0 unspecified atom stereocenters. The highest BCUT2D eigenvalue weighted by atomic mass is 16.5. The number of rotatable bonds is 5. The molecule has 1 saturated heterocycles. The number of esters is 1. The summed E-state index contributed by atoms with van der Waals surface area (Å²) in [7, 11) is 1.46. The van der Waals surface area contributed by atoms with Gasteiger partial charge < -0.3 is 15.0 Å². The number of carbonyl (C=O) groups is 4. The third-order valence-corrected chi connectivity index (χ3v) is 3.22. The molecule has 0 aliphatic carbocycles. The van der Waals surface area contributed by atoms with Gasteiger partial charge in [-0.15, -0.1) is 0 Å². The Bertz CT molecular complexity index is 641. The zero-order valence-electron chi connectivity index (χ0n) is 12.9. The maximum absolute atomic E-state index is 11.7. The van der Waals surface area contributed by atoms with Crippen molar-refractivity contribution in [2.24, 2.45) is 0 Å². The molecule has 1 fully saturated rings. The fourth-order valence-corrected chi connectivity index (χ4v) is 1.98. The summed E-state index contributed by atoms with van der Waals surface area (Å²) in [4.78, 5) is 48.4. The largest absolute Gasteiger partial charge is 0.454 e. The molecule has 1 heterocycles. The van der Waals surface area contributed by atoms with E-state index in [1.807, 2.05) is 19.1 Å². The van der Waals surface area contributed by atoms with E-state index in [1.54, 1.807) is 12.1 Å². The minimum absolute atomic E-state index is 0.0694. The van der Waals surface area contributed by atoms with Crippen LogP contribution < -0.4 is 5.32 Å². The van der Waals surface area contributed by atoms with Gasteiger partial charge in [-0.2, -0.15) is 0 Å². The van der Waals surface area contributed by atoms with Gasteiger partial charge in [0, 0.05) is 12.7 Å². The van der Waals surface area contributed by atoms with Gasteiger partial charge in [-0.3, -0.25) is 19.3 Å². The molecule has 1 N–H and O–H groups in total. The fraction of sp³-hybridized carbons (Fsp3) is 0.333. The fourth-order valence-electron chi connectivity index (χ4n) is 1.98. The Morgan fingerprint density at radius 2 is 1.87 bits per heavy atom. The Morgan fingerprint density at radius 1 is 1.22 bits per heavy atom. The Labute approximate surface area is 133 Å². The van der Waals surface area contributed by atoms with Crippen LogP contribution in [0.4, 0.5) is 10.5 Å². The van der Waals surface area contributed by atoms with E-state index in [0.717, 1.165) is 10.5 Å². The van der Waals surface area contributed by atoms with Gasteiger partial charge in [0.15, 0.2) is 6.61 Å². The first-order valence-electron chi connectivity index (χ1n) is 6.94. The number of anilines is 1. The van der Waals surface area contributed by atoms with Crippen LogP contribution in [0.3, 0.4) is 0 Å². The number of aryl methyl sites for hydroxylation is 1. The molecule has 8 heteroatoms. The lowest BCUT2D eigenvalue weighted by Crippen LogP contribution is -2.37. The van der Waals surface area contributed by atoms with Gasteiger partial charge in [-0.05, 0) is 19.1 Å². The highest BCUT2D eigenvalue weighted by Gasteiger charge is 2.35. The quantitative estimate of drug-likeness (QED) is 0.625. The van der Waals surface area contributed by atoms with Crippen LogP contribution in [-0.2, 0) is 19.1 Å². The molecule has 23 heavy (non-hydrogen) atoms. The second kappa shape index (κ2) is 6.91. The van der Waals surface area contributed by atoms with Crippen molar-refractivity contribution < 1.29 is 23.9 Å². The van der Waals surface area contributed by atoms with E-state index in [4.69, 9.17) is 4.74 Å². The molecule has 0 saturated carbocycles. The summed E-state index contributed by atoms with van der Waals surface area (Å²) < 4.78 is 4.78. The number of benzene rings is 1. The van der Waals surface area contributed by atoms with Gasteiger partial charge in [-0.1, -0.05) is 17.7 Å². The summed E-state index contributed by atoms with van der Waals surface area (Å²) >= 11 is 0. The standard InChI is InChI=1S/C15H17N3O5/c1-10-3-5-11(6-4-10)16-12(19)9-23-14(21)8-18-13(20)7-17(2)15(18)22/h3-6H,7-9H2,1-2H3,(H,16,19). The van der Waals surface area contributed by atoms with Crippen LogP contribution in [0.1, 0.15) is 5.56 Å². The predicted octanol–water partition coefficient (Wildman–Crippen LogP) is 0.371. The topological polar surface area (TPSA) is 96.0 Å². The van der Waals surface area contributed by atoms with Crippen LogP contribution in [0.15, 0.2) is 24.3 Å². The number of nitrogens with one attached hydrogen (secondary N) is 1. The van der Waals surface area contributed by atoms with Gasteiger partial charge in [-0.25, -0.2) is 4.79 Å². The number of likely N-dealkylation sites (N-methyl/N-ethyl adjacent to an activating group) is 1. The van der Waals surface area contributed by atoms with E-state index in [9.17, 15) is 19.2 Å². The molecular weight excluding hydrogens is 302 g/mol. The lowest BCUT2D eigenvalue weighted by Gasteiger charge is -2.13. The zero-order valence-corrected chi connectivity index (χ0v) is 12.9. The van der Waals surface area contributed by atoms with E-state index in [0.29, 0.717) is 5.69 Å². The van der Waals surface area contributed by atoms with Crippen molar-refractivity contribution in [3.8, 4) is 0 Å². The molecule has 2 rings (SSSR count). The van der Waals surface area contributed by atoms with Crippen LogP contribution in [0.5, 0.6) is 0 Å². The van der Waals surface area contributed by atoms with E-state index in [-0.39, 0.29) is 6.54 Å². The average Bonchev–Trinajstić information content (AvgIpc) is 2.74. The third-order valence-electron chi connectivity index (χ3n) is 3.22. The third kappa shape index (κ3) is 4.29. The summed E-state index contributed by atoms with van der Waals surface area (Å²) in [5.41, 5.74) is 1.64. The number of imide groups is 1. The first-order valence-corrected chi connectivity index (χ1v) is 6.94. The number of urea groups is 1. The Balaban J connectivity index is 1.78. The number of amides is 4. The summed E-state index contributed by atoms with van der Waals surface area (Å²) in [6.07, 6.45) is 0. The summed E-state index contributed by atoms with van der Waals surface area (Å²) in [5.74, 6) is -1.79. The number of ether oxygens (including phenoxy) is 1. The van der Waals surface area contributed by atoms with Crippen molar-refractivity contribution >= 4 is 29.5 Å². The van der Waals surface area contributed by atoms with Gasteiger partial charge in [0.1, 0.15) is 13.1 Å². The van der Waals surface area contributed by atoms with Crippen molar-refractivity contribution in [3.05, 3.63) is 29.8 Å². The second-order valence-corrected chi connectivity index (χ2v) is 5.19. The second-order valence-electron chi connectivity index (χ2n) is 5.19. The van der Waals surface area contributed by atoms with Gasteiger partial charge in [0.05, 0.1) is 0 Å². The maximum atomic E-state index is 11.7. The van der Waals surface area contributed by atoms with Crippen molar-refractivity contribution in [2.45, 2.75) is 6.92 Å². The molecule has 0 spiro atoms. The zero-order chi connectivity index (χ0) is 17.0.